The van der Waals surface area contributed by atoms with Crippen molar-refractivity contribution in [2.75, 3.05) is 39.0 Å². The van der Waals surface area contributed by atoms with Gasteiger partial charge in [0.2, 0.25) is 10.0 Å². The van der Waals surface area contributed by atoms with Gasteiger partial charge < -0.3 is 10.6 Å². The molecule has 0 aromatic rings. The molecule has 0 spiro atoms. The Morgan fingerprint density at radius 2 is 2.05 bits per heavy atom. The quantitative estimate of drug-likeness (QED) is 0.740. The van der Waals surface area contributed by atoms with Crippen molar-refractivity contribution in [3.05, 3.63) is 0 Å². The van der Waals surface area contributed by atoms with Crippen LogP contribution in [-0.2, 0) is 10.0 Å². The zero-order valence-corrected chi connectivity index (χ0v) is 12.7. The molecule has 1 saturated carbocycles. The lowest BCUT2D eigenvalue weighted by atomic mass is 9.99. The van der Waals surface area contributed by atoms with Crippen LogP contribution in [-0.4, -0.2) is 62.6 Å². The van der Waals surface area contributed by atoms with Crippen molar-refractivity contribution < 1.29 is 8.42 Å². The highest BCUT2D eigenvalue weighted by atomic mass is 32.2. The van der Waals surface area contributed by atoms with Gasteiger partial charge in [0.25, 0.3) is 0 Å². The van der Waals surface area contributed by atoms with E-state index in [1.54, 1.807) is 4.31 Å². The average Bonchev–Trinajstić information content (AvgIpc) is 3.18. The molecule has 112 valence electrons. The van der Waals surface area contributed by atoms with Gasteiger partial charge in [-0.1, -0.05) is 0 Å². The van der Waals surface area contributed by atoms with Crippen LogP contribution in [0.4, 0.5) is 0 Å². The highest BCUT2D eigenvalue weighted by Crippen LogP contribution is 2.29. The number of hydrogen-bond donors (Lipinski definition) is 1. The van der Waals surface area contributed by atoms with E-state index >= 15 is 0 Å². The molecule has 5 nitrogen and oxygen atoms in total. The third-order valence-electron chi connectivity index (χ3n) is 4.16. The molecular formula is C13H27N3O2S. The first-order valence-corrected chi connectivity index (χ1v) is 9.25. The van der Waals surface area contributed by atoms with E-state index in [1.165, 1.54) is 19.1 Å². The standard InChI is InChI=1S/C13H27N3O2S/c1-19(17,18)16-9-2-4-12(11-16)10-15(8-3-7-14)13-5-6-13/h12-13H,2-11,14H2,1H3. The van der Waals surface area contributed by atoms with Crippen molar-refractivity contribution in [2.24, 2.45) is 11.7 Å². The highest BCUT2D eigenvalue weighted by molar-refractivity contribution is 7.88. The zero-order valence-electron chi connectivity index (χ0n) is 11.9. The van der Waals surface area contributed by atoms with Crippen molar-refractivity contribution in [3.8, 4) is 0 Å². The van der Waals surface area contributed by atoms with E-state index in [1.807, 2.05) is 0 Å². The topological polar surface area (TPSA) is 66.6 Å². The fourth-order valence-electron chi connectivity index (χ4n) is 2.97. The summed E-state index contributed by atoms with van der Waals surface area (Å²) in [6.45, 7) is 4.24. The lowest BCUT2D eigenvalue weighted by Crippen LogP contribution is -2.44. The van der Waals surface area contributed by atoms with Gasteiger partial charge in [0.1, 0.15) is 0 Å². The summed E-state index contributed by atoms with van der Waals surface area (Å²) >= 11 is 0. The minimum absolute atomic E-state index is 0.488. The Bertz CT molecular complexity index is 381. The van der Waals surface area contributed by atoms with Gasteiger partial charge in [-0.25, -0.2) is 12.7 Å². The Kier molecular flexibility index (Phi) is 5.22. The second kappa shape index (κ2) is 6.52. The SMILES string of the molecule is CS(=O)(=O)N1CCCC(CN(CCCN)C2CC2)C1. The van der Waals surface area contributed by atoms with E-state index in [9.17, 15) is 8.42 Å². The van der Waals surface area contributed by atoms with Crippen molar-refractivity contribution in [3.63, 3.8) is 0 Å². The van der Waals surface area contributed by atoms with Crippen LogP contribution in [0.25, 0.3) is 0 Å². The fourth-order valence-corrected chi connectivity index (χ4v) is 3.91. The maximum atomic E-state index is 11.6. The summed E-state index contributed by atoms with van der Waals surface area (Å²) in [5.41, 5.74) is 5.60. The molecule has 0 amide bonds. The molecule has 2 fully saturated rings. The number of hydrogen-bond acceptors (Lipinski definition) is 4. The molecule has 1 heterocycles. The van der Waals surface area contributed by atoms with Gasteiger partial charge in [-0.05, 0) is 51.1 Å². The highest BCUT2D eigenvalue weighted by Gasteiger charge is 2.32. The molecule has 0 aromatic carbocycles. The van der Waals surface area contributed by atoms with Crippen LogP contribution >= 0.6 is 0 Å². The molecule has 0 aromatic heterocycles. The smallest absolute Gasteiger partial charge is 0.211 e. The van der Waals surface area contributed by atoms with E-state index in [2.05, 4.69) is 4.90 Å². The van der Waals surface area contributed by atoms with E-state index in [-0.39, 0.29) is 0 Å². The van der Waals surface area contributed by atoms with Crippen molar-refractivity contribution in [2.45, 2.75) is 38.1 Å². The molecular weight excluding hydrogens is 262 g/mol. The largest absolute Gasteiger partial charge is 0.330 e. The van der Waals surface area contributed by atoms with Gasteiger partial charge >= 0.3 is 0 Å². The Morgan fingerprint density at radius 1 is 1.32 bits per heavy atom. The number of piperidine rings is 1. The van der Waals surface area contributed by atoms with Crippen molar-refractivity contribution in [1.29, 1.82) is 0 Å². The van der Waals surface area contributed by atoms with Crippen molar-refractivity contribution in [1.82, 2.24) is 9.21 Å². The summed E-state index contributed by atoms with van der Waals surface area (Å²) in [6, 6.07) is 0.736. The van der Waals surface area contributed by atoms with Gasteiger partial charge in [-0.15, -0.1) is 0 Å². The number of rotatable bonds is 7. The van der Waals surface area contributed by atoms with Crippen LogP contribution in [0.15, 0.2) is 0 Å². The van der Waals surface area contributed by atoms with Gasteiger partial charge in [-0.3, -0.25) is 0 Å². The molecule has 0 bridgehead atoms. The summed E-state index contributed by atoms with van der Waals surface area (Å²) in [6.07, 6.45) is 7.10. The number of nitrogens with two attached hydrogens (primary N) is 1. The molecule has 19 heavy (non-hydrogen) atoms. The van der Waals surface area contributed by atoms with E-state index < -0.39 is 10.0 Å². The Morgan fingerprint density at radius 3 is 2.63 bits per heavy atom. The van der Waals surface area contributed by atoms with Crippen LogP contribution in [0.3, 0.4) is 0 Å². The van der Waals surface area contributed by atoms with Gasteiger partial charge in [0, 0.05) is 25.7 Å². The average molecular weight is 289 g/mol. The Labute approximate surface area is 117 Å². The van der Waals surface area contributed by atoms with Gasteiger partial charge in [-0.2, -0.15) is 0 Å². The molecule has 1 atom stereocenters. The van der Waals surface area contributed by atoms with Crippen LogP contribution in [0, 0.1) is 5.92 Å². The predicted octanol–water partition coefficient (Wildman–Crippen LogP) is 0.471. The van der Waals surface area contributed by atoms with Crippen LogP contribution in [0.2, 0.25) is 0 Å². The first-order chi connectivity index (χ1) is 9.00. The number of nitrogens with zero attached hydrogens (tertiary/aromatic N) is 2. The monoisotopic (exact) mass is 289 g/mol. The summed E-state index contributed by atoms with van der Waals surface area (Å²) in [4.78, 5) is 2.53. The zero-order chi connectivity index (χ0) is 13.9. The Balaban J connectivity index is 1.86. The summed E-state index contributed by atoms with van der Waals surface area (Å²) in [7, 11) is -3.02. The molecule has 2 aliphatic rings. The second-order valence-corrected chi connectivity index (χ2v) is 7.98. The molecule has 1 aliphatic heterocycles. The van der Waals surface area contributed by atoms with Crippen LogP contribution in [0.1, 0.15) is 32.1 Å². The second-order valence-electron chi connectivity index (χ2n) is 6.00. The maximum absolute atomic E-state index is 11.6. The molecule has 0 radical (unpaired) electrons. The minimum atomic E-state index is -3.02. The van der Waals surface area contributed by atoms with E-state index in [4.69, 9.17) is 5.73 Å². The lowest BCUT2D eigenvalue weighted by molar-refractivity contribution is 0.171. The molecule has 1 unspecified atom stereocenters. The summed E-state index contributed by atoms with van der Waals surface area (Å²) in [5.74, 6) is 0.488. The molecule has 1 aliphatic carbocycles. The third kappa shape index (κ3) is 4.70. The minimum Gasteiger partial charge on any atom is -0.330 e. The van der Waals surface area contributed by atoms with Crippen LogP contribution in [0.5, 0.6) is 0 Å². The van der Waals surface area contributed by atoms with Crippen molar-refractivity contribution >= 4 is 10.0 Å². The maximum Gasteiger partial charge on any atom is 0.211 e. The molecule has 1 saturated heterocycles. The Hall–Kier alpha value is -0.170. The summed E-state index contributed by atoms with van der Waals surface area (Å²) < 4.78 is 24.9. The lowest BCUT2D eigenvalue weighted by Gasteiger charge is -2.34. The molecule has 6 heteroatoms. The predicted molar refractivity (Wildman–Crippen MR) is 77.4 cm³/mol. The van der Waals surface area contributed by atoms with Gasteiger partial charge in [0.15, 0.2) is 0 Å². The first-order valence-electron chi connectivity index (χ1n) is 7.40. The van der Waals surface area contributed by atoms with Gasteiger partial charge in [0.05, 0.1) is 6.26 Å². The molecule has 2 N–H and O–H groups in total. The molecule has 2 rings (SSSR count). The third-order valence-corrected chi connectivity index (χ3v) is 5.43. The van der Waals surface area contributed by atoms with E-state index in [0.717, 1.165) is 44.9 Å². The van der Waals surface area contributed by atoms with Crippen LogP contribution < -0.4 is 5.73 Å². The fraction of sp³-hybridized carbons (Fsp3) is 1.00. The normalized spacial score (nSPS) is 25.9. The first kappa shape index (κ1) is 15.2. The van der Waals surface area contributed by atoms with E-state index in [0.29, 0.717) is 19.0 Å². The summed E-state index contributed by atoms with van der Waals surface area (Å²) in [5, 5.41) is 0. The number of sulfonamides is 1.